The van der Waals surface area contributed by atoms with E-state index in [1.54, 1.807) is 0 Å². The molecule has 2 aromatic rings. The first kappa shape index (κ1) is 18.1. The summed E-state index contributed by atoms with van der Waals surface area (Å²) in [5, 5.41) is 0. The summed E-state index contributed by atoms with van der Waals surface area (Å²) >= 11 is 0. The Labute approximate surface area is 152 Å². The van der Waals surface area contributed by atoms with Crippen LogP contribution in [-0.4, -0.2) is 56.7 Å². The molecule has 134 valence electrons. The molecule has 0 aliphatic carbocycles. The lowest BCUT2D eigenvalue weighted by atomic mass is 9.83. The fourth-order valence-corrected chi connectivity index (χ4v) is 3.72. The molecule has 1 saturated heterocycles. The number of hydrogen-bond acceptors (Lipinski definition) is 3. The molecule has 0 atom stereocenters. The molecule has 25 heavy (non-hydrogen) atoms. The smallest absolute Gasteiger partial charge is 0.119 e. The van der Waals surface area contributed by atoms with Crippen molar-refractivity contribution in [1.29, 1.82) is 0 Å². The van der Waals surface area contributed by atoms with Crippen molar-refractivity contribution in [3.05, 3.63) is 71.8 Å². The molecule has 1 aliphatic rings. The number of hydrogen-bond donors (Lipinski definition) is 0. The molecule has 0 unspecified atom stereocenters. The van der Waals surface area contributed by atoms with Gasteiger partial charge in [0.05, 0.1) is 6.61 Å². The first-order chi connectivity index (χ1) is 12.2. The lowest BCUT2D eigenvalue weighted by molar-refractivity contribution is -0.0101. The SMILES string of the molecule is CN(C)CCCN1CCOC(c2ccccc2)(c2ccccc2)CC1. The van der Waals surface area contributed by atoms with E-state index >= 15 is 0 Å². The van der Waals surface area contributed by atoms with Gasteiger partial charge >= 0.3 is 0 Å². The summed E-state index contributed by atoms with van der Waals surface area (Å²) in [5.74, 6) is 0. The summed E-state index contributed by atoms with van der Waals surface area (Å²) in [6, 6.07) is 21.4. The molecule has 1 fully saturated rings. The van der Waals surface area contributed by atoms with Crippen molar-refractivity contribution in [2.45, 2.75) is 18.4 Å². The number of rotatable bonds is 6. The van der Waals surface area contributed by atoms with Crippen molar-refractivity contribution in [1.82, 2.24) is 9.80 Å². The minimum absolute atomic E-state index is 0.335. The Balaban J connectivity index is 1.80. The highest BCUT2D eigenvalue weighted by molar-refractivity contribution is 5.36. The van der Waals surface area contributed by atoms with Crippen molar-refractivity contribution >= 4 is 0 Å². The van der Waals surface area contributed by atoms with Gasteiger partial charge in [-0.15, -0.1) is 0 Å². The third-order valence-corrected chi connectivity index (χ3v) is 5.10. The van der Waals surface area contributed by atoms with Gasteiger partial charge in [-0.05, 0) is 51.2 Å². The molecule has 0 aromatic heterocycles. The van der Waals surface area contributed by atoms with Crippen LogP contribution in [0, 0.1) is 0 Å². The Morgan fingerprint density at radius 3 is 2.08 bits per heavy atom. The zero-order chi connectivity index (χ0) is 17.5. The van der Waals surface area contributed by atoms with E-state index in [1.165, 1.54) is 17.5 Å². The van der Waals surface area contributed by atoms with Crippen LogP contribution < -0.4 is 0 Å². The van der Waals surface area contributed by atoms with Crippen molar-refractivity contribution < 1.29 is 4.74 Å². The van der Waals surface area contributed by atoms with E-state index in [0.717, 1.165) is 39.2 Å². The minimum Gasteiger partial charge on any atom is -0.364 e. The number of nitrogens with zero attached hydrogens (tertiary/aromatic N) is 2. The third-order valence-electron chi connectivity index (χ3n) is 5.10. The Morgan fingerprint density at radius 2 is 1.52 bits per heavy atom. The first-order valence-electron chi connectivity index (χ1n) is 9.33. The Kier molecular flexibility index (Phi) is 6.24. The van der Waals surface area contributed by atoms with Gasteiger partial charge in [0.25, 0.3) is 0 Å². The van der Waals surface area contributed by atoms with Crippen LogP contribution in [-0.2, 0) is 10.3 Å². The maximum Gasteiger partial charge on any atom is 0.119 e. The highest BCUT2D eigenvalue weighted by Gasteiger charge is 2.37. The molecule has 3 heteroatoms. The van der Waals surface area contributed by atoms with Crippen molar-refractivity contribution in [3.8, 4) is 0 Å². The van der Waals surface area contributed by atoms with Gasteiger partial charge in [0.15, 0.2) is 0 Å². The molecule has 3 rings (SSSR count). The summed E-state index contributed by atoms with van der Waals surface area (Å²) in [6.07, 6.45) is 2.19. The quantitative estimate of drug-likeness (QED) is 0.800. The Hall–Kier alpha value is -1.68. The van der Waals surface area contributed by atoms with Gasteiger partial charge in [0.1, 0.15) is 5.60 Å². The molecule has 2 aromatic carbocycles. The maximum absolute atomic E-state index is 6.57. The second kappa shape index (κ2) is 8.61. The van der Waals surface area contributed by atoms with E-state index in [1.807, 2.05) is 0 Å². The van der Waals surface area contributed by atoms with E-state index < -0.39 is 0 Å². The highest BCUT2D eigenvalue weighted by atomic mass is 16.5. The van der Waals surface area contributed by atoms with Gasteiger partial charge in [0.2, 0.25) is 0 Å². The average molecular weight is 338 g/mol. The molecule has 0 N–H and O–H groups in total. The van der Waals surface area contributed by atoms with Gasteiger partial charge in [0, 0.05) is 13.1 Å². The van der Waals surface area contributed by atoms with E-state index in [0.29, 0.717) is 0 Å². The van der Waals surface area contributed by atoms with E-state index in [-0.39, 0.29) is 5.60 Å². The van der Waals surface area contributed by atoms with Crippen LogP contribution in [0.15, 0.2) is 60.7 Å². The van der Waals surface area contributed by atoms with Gasteiger partial charge in [-0.25, -0.2) is 0 Å². The lowest BCUT2D eigenvalue weighted by Gasteiger charge is -2.34. The normalized spacial score (nSPS) is 18.2. The second-order valence-corrected chi connectivity index (χ2v) is 7.16. The van der Waals surface area contributed by atoms with Crippen LogP contribution in [0.5, 0.6) is 0 Å². The summed E-state index contributed by atoms with van der Waals surface area (Å²) in [7, 11) is 4.28. The Bertz CT molecular complexity index is 587. The second-order valence-electron chi connectivity index (χ2n) is 7.16. The fourth-order valence-electron chi connectivity index (χ4n) is 3.72. The van der Waals surface area contributed by atoms with Crippen LogP contribution in [0.25, 0.3) is 0 Å². The largest absolute Gasteiger partial charge is 0.364 e. The summed E-state index contributed by atoms with van der Waals surface area (Å²) in [6.45, 7) is 5.12. The fraction of sp³-hybridized carbons (Fsp3) is 0.455. The summed E-state index contributed by atoms with van der Waals surface area (Å²) in [4.78, 5) is 4.81. The van der Waals surface area contributed by atoms with Gasteiger partial charge in [-0.1, -0.05) is 60.7 Å². The zero-order valence-electron chi connectivity index (χ0n) is 15.5. The first-order valence-corrected chi connectivity index (χ1v) is 9.33. The average Bonchev–Trinajstić information content (AvgIpc) is 2.87. The molecular formula is C22H30N2O. The van der Waals surface area contributed by atoms with Crippen molar-refractivity contribution in [2.75, 3.05) is 46.9 Å². The molecule has 1 aliphatic heterocycles. The number of ether oxygens (including phenoxy) is 1. The molecule has 0 spiro atoms. The van der Waals surface area contributed by atoms with E-state index in [9.17, 15) is 0 Å². The molecular weight excluding hydrogens is 308 g/mol. The topological polar surface area (TPSA) is 15.7 Å². The van der Waals surface area contributed by atoms with E-state index in [2.05, 4.69) is 84.6 Å². The van der Waals surface area contributed by atoms with Crippen LogP contribution in [0.3, 0.4) is 0 Å². The molecule has 0 saturated carbocycles. The predicted octanol–water partition coefficient (Wildman–Crippen LogP) is 3.60. The standard InChI is InChI=1S/C22H30N2O/c1-23(2)15-9-16-24-17-14-22(25-19-18-24,20-10-5-3-6-11-20)21-12-7-4-8-13-21/h3-8,10-13H,9,14-19H2,1-2H3. The van der Waals surface area contributed by atoms with Gasteiger partial charge in [-0.2, -0.15) is 0 Å². The lowest BCUT2D eigenvalue weighted by Crippen LogP contribution is -2.32. The highest BCUT2D eigenvalue weighted by Crippen LogP contribution is 2.38. The van der Waals surface area contributed by atoms with E-state index in [4.69, 9.17) is 4.74 Å². The maximum atomic E-state index is 6.57. The predicted molar refractivity (Wildman–Crippen MR) is 104 cm³/mol. The molecule has 3 nitrogen and oxygen atoms in total. The van der Waals surface area contributed by atoms with Crippen LogP contribution in [0.4, 0.5) is 0 Å². The third kappa shape index (κ3) is 4.49. The monoisotopic (exact) mass is 338 g/mol. The minimum atomic E-state index is -0.335. The summed E-state index contributed by atoms with van der Waals surface area (Å²) in [5.41, 5.74) is 2.19. The molecule has 0 amide bonds. The molecule has 0 bridgehead atoms. The van der Waals surface area contributed by atoms with Crippen LogP contribution in [0.2, 0.25) is 0 Å². The van der Waals surface area contributed by atoms with Crippen molar-refractivity contribution in [3.63, 3.8) is 0 Å². The van der Waals surface area contributed by atoms with Gasteiger partial charge in [-0.3, -0.25) is 0 Å². The van der Waals surface area contributed by atoms with Gasteiger partial charge < -0.3 is 14.5 Å². The number of benzene rings is 2. The summed E-state index contributed by atoms with van der Waals surface area (Å²) < 4.78 is 6.57. The zero-order valence-corrected chi connectivity index (χ0v) is 15.5. The van der Waals surface area contributed by atoms with Crippen LogP contribution >= 0.6 is 0 Å². The molecule has 0 radical (unpaired) electrons. The molecule has 1 heterocycles. The van der Waals surface area contributed by atoms with Crippen molar-refractivity contribution in [2.24, 2.45) is 0 Å². The van der Waals surface area contributed by atoms with Crippen LogP contribution in [0.1, 0.15) is 24.0 Å². The Morgan fingerprint density at radius 1 is 0.920 bits per heavy atom.